The maximum absolute atomic E-state index is 6.58. The second-order valence-electron chi connectivity index (χ2n) is 10.00. The summed E-state index contributed by atoms with van der Waals surface area (Å²) in [5, 5.41) is 1.98. The maximum atomic E-state index is 6.58. The fourth-order valence-corrected chi connectivity index (χ4v) is 12.5. The zero-order valence-corrected chi connectivity index (χ0v) is 17.0. The Morgan fingerprint density at radius 3 is 2.04 bits per heavy atom. The highest BCUT2D eigenvalue weighted by atomic mass is 31.2. The monoisotopic (exact) mass is 357 g/mol. The molecule has 4 saturated heterocycles. The first-order valence-corrected chi connectivity index (χ1v) is 12.3. The van der Waals surface area contributed by atoms with Gasteiger partial charge >= 0.3 is 7.12 Å². The van der Waals surface area contributed by atoms with E-state index in [1.54, 1.807) is 5.30 Å². The summed E-state index contributed by atoms with van der Waals surface area (Å²) in [6, 6.07) is 11.4. The van der Waals surface area contributed by atoms with Crippen molar-refractivity contribution in [1.82, 2.24) is 0 Å². The van der Waals surface area contributed by atoms with Gasteiger partial charge in [-0.3, -0.25) is 0 Å². The molecule has 1 aromatic rings. The molecule has 5 fully saturated rings. The minimum Gasteiger partial charge on any atom is -0.403 e. The van der Waals surface area contributed by atoms with Gasteiger partial charge in [-0.05, 0) is 58.6 Å². The zero-order chi connectivity index (χ0) is 17.5. The van der Waals surface area contributed by atoms with Gasteiger partial charge < -0.3 is 9.31 Å². The Hall–Kier alpha value is -0.365. The van der Waals surface area contributed by atoms with Crippen LogP contribution >= 0.6 is 7.26 Å². The minimum absolute atomic E-state index is 0.00804. The first-order valence-electron chi connectivity index (χ1n) is 10.1. The number of hydrogen-bond acceptors (Lipinski definition) is 2. The Labute approximate surface area is 153 Å². The summed E-state index contributed by atoms with van der Waals surface area (Å²) in [5.74, 6) is 0.912. The lowest BCUT2D eigenvalue weighted by Crippen LogP contribution is -2.73. The smallest absolute Gasteiger partial charge is 0.403 e. The molecule has 1 unspecified atom stereocenters. The van der Waals surface area contributed by atoms with Crippen molar-refractivity contribution in [2.24, 2.45) is 5.92 Å². The lowest BCUT2D eigenvalue weighted by atomic mass is 9.53. The van der Waals surface area contributed by atoms with E-state index in [-0.39, 0.29) is 18.3 Å². The van der Waals surface area contributed by atoms with Crippen LogP contribution in [-0.2, 0) is 9.31 Å². The van der Waals surface area contributed by atoms with E-state index in [0.717, 1.165) is 11.6 Å². The highest BCUT2D eigenvalue weighted by Crippen LogP contribution is 2.97. The molecule has 4 heteroatoms. The Morgan fingerprint density at radius 1 is 0.920 bits per heavy atom. The van der Waals surface area contributed by atoms with Crippen LogP contribution in [0, 0.1) is 5.92 Å². The van der Waals surface area contributed by atoms with Crippen molar-refractivity contribution in [3.8, 4) is 0 Å². The molecule has 4 aliphatic heterocycles. The van der Waals surface area contributed by atoms with Gasteiger partial charge in [-0.2, -0.15) is 0 Å². The fourth-order valence-electron chi connectivity index (χ4n) is 6.24. The van der Waals surface area contributed by atoms with Gasteiger partial charge in [-0.1, -0.05) is 31.0 Å². The Morgan fingerprint density at radius 2 is 1.48 bits per heavy atom. The topological polar surface area (TPSA) is 18.5 Å². The third-order valence-electron chi connectivity index (χ3n) is 8.11. The zero-order valence-electron chi connectivity index (χ0n) is 16.1. The molecule has 0 amide bonds. The van der Waals surface area contributed by atoms with Crippen LogP contribution in [0.3, 0.4) is 0 Å². The summed E-state index contributed by atoms with van der Waals surface area (Å²) >= 11 is 0. The van der Waals surface area contributed by atoms with Crippen LogP contribution in [0.5, 0.6) is 0 Å². The summed E-state index contributed by atoms with van der Waals surface area (Å²) in [6.45, 7) is 8.80. The Balaban J connectivity index is 1.48. The molecular weight excluding hydrogens is 326 g/mol. The van der Waals surface area contributed by atoms with Crippen LogP contribution < -0.4 is 5.30 Å². The van der Waals surface area contributed by atoms with Crippen LogP contribution in [0.1, 0.15) is 53.4 Å². The van der Waals surface area contributed by atoms with E-state index in [0.29, 0.717) is 5.31 Å². The molecule has 4 heterocycles. The molecule has 134 valence electrons. The normalized spacial score (nSPS) is 41.4. The largest absolute Gasteiger partial charge is 0.476 e. The third-order valence-corrected chi connectivity index (χ3v) is 13.7. The summed E-state index contributed by atoms with van der Waals surface area (Å²) in [7, 11) is -0.964. The van der Waals surface area contributed by atoms with Crippen LogP contribution in [0.2, 0.25) is 5.31 Å². The first-order chi connectivity index (χ1) is 11.8. The van der Waals surface area contributed by atoms with Crippen molar-refractivity contribution in [1.29, 1.82) is 0 Å². The predicted octanol–water partition coefficient (Wildman–Crippen LogP) is 4.75. The molecule has 0 N–H and O–H groups in total. The second-order valence-corrected chi connectivity index (χ2v) is 13.8. The summed E-state index contributed by atoms with van der Waals surface area (Å²) in [5.41, 5.74) is 0.455. The van der Waals surface area contributed by atoms with E-state index in [4.69, 9.17) is 9.31 Å². The summed E-state index contributed by atoms with van der Waals surface area (Å²) < 4.78 is 13.2. The van der Waals surface area contributed by atoms with Gasteiger partial charge in [0.1, 0.15) is 5.31 Å². The van der Waals surface area contributed by atoms with E-state index in [9.17, 15) is 0 Å². The fraction of sp³-hybridized carbons (Fsp3) is 0.714. The van der Waals surface area contributed by atoms with Crippen molar-refractivity contribution in [2.45, 2.75) is 75.6 Å². The standard InChI is InChI=1S/C21H31BO2P/c1-19(2)20(3,4)24-22(23-19)21-14-25(15-21,17-12-6-5-7-13-17)18(21)16-10-8-9-11-16/h5-7,12-13,16,18H,8-11,14-15H2,1-4H3/q+1. The SMILES string of the molecule is CC1(C)OB(C23C[P+](c4ccccc4)(C2)C3C2CCCC2)OC1(C)C. The molecule has 1 aromatic carbocycles. The second kappa shape index (κ2) is 5.12. The van der Waals surface area contributed by atoms with Gasteiger partial charge in [-0.25, -0.2) is 0 Å². The van der Waals surface area contributed by atoms with Gasteiger partial charge in [0, 0.05) is 0 Å². The molecule has 0 radical (unpaired) electrons. The van der Waals surface area contributed by atoms with Crippen LogP contribution in [0.15, 0.2) is 30.3 Å². The summed E-state index contributed by atoms with van der Waals surface area (Å²) in [6.07, 6.45) is 8.44. The van der Waals surface area contributed by atoms with Crippen LogP contribution in [0.4, 0.5) is 0 Å². The summed E-state index contributed by atoms with van der Waals surface area (Å²) in [4.78, 5) is 0. The first kappa shape index (κ1) is 16.8. The molecule has 5 aliphatic rings. The van der Waals surface area contributed by atoms with E-state index in [1.165, 1.54) is 38.0 Å². The van der Waals surface area contributed by atoms with E-state index < -0.39 is 7.26 Å². The molecule has 25 heavy (non-hydrogen) atoms. The van der Waals surface area contributed by atoms with Gasteiger partial charge in [-0.15, -0.1) is 0 Å². The Bertz CT molecular complexity index is 658. The molecule has 1 aliphatic carbocycles. The van der Waals surface area contributed by atoms with Crippen molar-refractivity contribution < 1.29 is 9.31 Å². The van der Waals surface area contributed by atoms with E-state index in [2.05, 4.69) is 58.0 Å². The minimum atomic E-state index is -0.973. The lowest BCUT2D eigenvalue weighted by molar-refractivity contribution is 0.00578. The molecule has 0 spiro atoms. The van der Waals surface area contributed by atoms with E-state index >= 15 is 0 Å². The molecule has 1 saturated carbocycles. The van der Waals surface area contributed by atoms with Gasteiger partial charge in [0.25, 0.3) is 0 Å². The lowest BCUT2D eigenvalue weighted by Gasteiger charge is -2.70. The van der Waals surface area contributed by atoms with Gasteiger partial charge in [0.2, 0.25) is 0 Å². The van der Waals surface area contributed by atoms with Crippen molar-refractivity contribution >= 4 is 19.7 Å². The molecule has 1 atom stereocenters. The van der Waals surface area contributed by atoms with Gasteiger partial charge in [0.05, 0.1) is 41.8 Å². The van der Waals surface area contributed by atoms with Crippen molar-refractivity contribution in [3.05, 3.63) is 30.3 Å². The third kappa shape index (κ3) is 2.04. The molecule has 0 aromatic heterocycles. The van der Waals surface area contributed by atoms with Crippen molar-refractivity contribution in [3.63, 3.8) is 0 Å². The molecule has 2 bridgehead atoms. The Kier molecular flexibility index (Phi) is 3.44. The average Bonchev–Trinajstić information content (AvgIpc) is 3.05. The maximum Gasteiger partial charge on any atom is 0.476 e. The molecular formula is C21H31BO2P+. The molecule has 6 rings (SSSR count). The van der Waals surface area contributed by atoms with E-state index in [1.807, 2.05) is 0 Å². The number of hydrogen-bond donors (Lipinski definition) is 0. The van der Waals surface area contributed by atoms with Crippen LogP contribution in [-0.4, -0.2) is 36.3 Å². The molecule has 2 nitrogen and oxygen atoms in total. The predicted molar refractivity (Wildman–Crippen MR) is 107 cm³/mol. The highest BCUT2D eigenvalue weighted by molar-refractivity contribution is 7.88. The van der Waals surface area contributed by atoms with Crippen LogP contribution in [0.25, 0.3) is 0 Å². The highest BCUT2D eigenvalue weighted by Gasteiger charge is 2.91. The average molecular weight is 357 g/mol. The van der Waals surface area contributed by atoms with Gasteiger partial charge in [0.15, 0.2) is 0 Å². The number of benzene rings is 1. The quantitative estimate of drug-likeness (QED) is 0.574. The number of rotatable bonds is 3. The van der Waals surface area contributed by atoms with Crippen molar-refractivity contribution in [2.75, 3.05) is 12.3 Å².